The van der Waals surface area contributed by atoms with Gasteiger partial charge in [-0.1, -0.05) is 24.8 Å². The number of fused-ring (bicyclic) bond motifs is 1. The Morgan fingerprint density at radius 3 is 3.08 bits per heavy atom. The average Bonchev–Trinajstić information content (AvgIpc) is 3.28. The van der Waals surface area contributed by atoms with Crippen molar-refractivity contribution in [3.05, 3.63) is 65.9 Å². The van der Waals surface area contributed by atoms with Crippen LogP contribution < -0.4 is 10.6 Å². The first-order valence-electron chi connectivity index (χ1n) is 8.32. The number of hydrogen-bond donors (Lipinski definition) is 2. The van der Waals surface area contributed by atoms with Crippen molar-refractivity contribution in [2.24, 2.45) is 4.99 Å². The lowest BCUT2D eigenvalue weighted by molar-refractivity contribution is 0.287. The number of rotatable bonds is 3. The molecule has 2 N–H and O–H groups in total. The molecule has 1 aromatic rings. The van der Waals surface area contributed by atoms with E-state index in [2.05, 4.69) is 34.0 Å². The van der Waals surface area contributed by atoms with Crippen LogP contribution in [0, 0.1) is 5.82 Å². The number of nitrogens with zero attached hydrogens (tertiary/aromatic N) is 2. The molecule has 0 aromatic heterocycles. The zero-order chi connectivity index (χ0) is 16.7. The topological polar surface area (TPSA) is 39.7 Å². The van der Waals surface area contributed by atoms with Crippen LogP contribution in [-0.2, 0) is 0 Å². The lowest BCUT2D eigenvalue weighted by Gasteiger charge is -2.32. The van der Waals surface area contributed by atoms with Gasteiger partial charge in [0, 0.05) is 53.8 Å². The minimum Gasteiger partial charge on any atom is -0.369 e. The summed E-state index contributed by atoms with van der Waals surface area (Å²) in [7, 11) is 0. The molecule has 1 aliphatic carbocycles. The van der Waals surface area contributed by atoms with Crippen molar-refractivity contribution in [3.8, 4) is 0 Å². The first-order valence-corrected chi connectivity index (χ1v) is 8.32. The number of halogens is 1. The monoisotopic (exact) mass is 324 g/mol. The Bertz CT molecular complexity index is 777. The molecule has 124 valence electrons. The third-order valence-corrected chi connectivity index (χ3v) is 4.94. The molecule has 4 rings (SSSR count). The molecule has 0 bridgehead atoms. The lowest BCUT2D eigenvalue weighted by Crippen LogP contribution is -2.43. The number of nitrogens with one attached hydrogen (secondary N) is 2. The second-order valence-electron chi connectivity index (χ2n) is 6.37. The first kappa shape index (κ1) is 15.1. The Morgan fingerprint density at radius 1 is 1.46 bits per heavy atom. The maximum atomic E-state index is 14.3. The minimum atomic E-state index is -0.228. The van der Waals surface area contributed by atoms with Gasteiger partial charge in [0.15, 0.2) is 0 Å². The molecule has 2 heterocycles. The summed E-state index contributed by atoms with van der Waals surface area (Å²) in [6, 6.07) is 7.98. The van der Waals surface area contributed by atoms with Crippen LogP contribution in [-0.4, -0.2) is 35.9 Å². The Morgan fingerprint density at radius 2 is 2.29 bits per heavy atom. The highest BCUT2D eigenvalue weighted by Gasteiger charge is 2.45. The molecular formula is C19H21FN4. The van der Waals surface area contributed by atoms with Crippen molar-refractivity contribution in [3.63, 3.8) is 0 Å². The fourth-order valence-corrected chi connectivity index (χ4v) is 3.68. The van der Waals surface area contributed by atoms with Crippen LogP contribution in [0.25, 0.3) is 5.57 Å². The largest absolute Gasteiger partial charge is 0.369 e. The Labute approximate surface area is 141 Å². The number of allylic oxidation sites excluding steroid dienone is 1. The molecule has 0 spiro atoms. The van der Waals surface area contributed by atoms with Gasteiger partial charge in [-0.25, -0.2) is 9.38 Å². The molecule has 5 heteroatoms. The van der Waals surface area contributed by atoms with Gasteiger partial charge >= 0.3 is 0 Å². The van der Waals surface area contributed by atoms with E-state index in [0.717, 1.165) is 35.8 Å². The normalized spacial score (nSPS) is 27.2. The van der Waals surface area contributed by atoms with Gasteiger partial charge < -0.3 is 15.5 Å². The predicted octanol–water partition coefficient (Wildman–Crippen LogP) is 2.63. The fourth-order valence-electron chi connectivity index (χ4n) is 3.68. The second kappa shape index (κ2) is 5.91. The van der Waals surface area contributed by atoms with Crippen molar-refractivity contribution in [1.82, 2.24) is 15.5 Å². The van der Waals surface area contributed by atoms with Gasteiger partial charge in [-0.05, 0) is 25.6 Å². The summed E-state index contributed by atoms with van der Waals surface area (Å²) >= 11 is 0. The molecule has 24 heavy (non-hydrogen) atoms. The van der Waals surface area contributed by atoms with Crippen LogP contribution in [0.15, 0.2) is 59.5 Å². The first-order chi connectivity index (χ1) is 11.7. The SMILES string of the molecule is C=CNC1=NC=C(c2ccccc2F)/C1=C(/C)N1CCNC2CC21. The molecule has 1 saturated heterocycles. The van der Waals surface area contributed by atoms with Crippen LogP contribution in [0.2, 0.25) is 0 Å². The Balaban J connectivity index is 1.76. The lowest BCUT2D eigenvalue weighted by atomic mass is 9.96. The van der Waals surface area contributed by atoms with Gasteiger partial charge in [-0.15, -0.1) is 0 Å². The van der Waals surface area contributed by atoms with Crippen LogP contribution in [0.3, 0.4) is 0 Å². The predicted molar refractivity (Wildman–Crippen MR) is 94.7 cm³/mol. The smallest absolute Gasteiger partial charge is 0.139 e. The molecular weight excluding hydrogens is 303 g/mol. The van der Waals surface area contributed by atoms with E-state index >= 15 is 0 Å². The Hall–Kier alpha value is -2.40. The number of hydrogen-bond acceptors (Lipinski definition) is 4. The van der Waals surface area contributed by atoms with E-state index in [-0.39, 0.29) is 5.82 Å². The molecule has 2 unspecified atom stereocenters. The van der Waals surface area contributed by atoms with Crippen molar-refractivity contribution < 1.29 is 4.39 Å². The second-order valence-corrected chi connectivity index (χ2v) is 6.37. The quantitative estimate of drug-likeness (QED) is 0.898. The third-order valence-electron chi connectivity index (χ3n) is 4.94. The van der Waals surface area contributed by atoms with Crippen LogP contribution >= 0.6 is 0 Å². The highest BCUT2D eigenvalue weighted by molar-refractivity contribution is 6.16. The average molecular weight is 324 g/mol. The van der Waals surface area contributed by atoms with Crippen molar-refractivity contribution >= 4 is 11.4 Å². The minimum absolute atomic E-state index is 0.228. The molecule has 3 aliphatic rings. The van der Waals surface area contributed by atoms with Crippen molar-refractivity contribution in [2.75, 3.05) is 13.1 Å². The third kappa shape index (κ3) is 2.45. The summed E-state index contributed by atoms with van der Waals surface area (Å²) < 4.78 is 14.3. The number of amidine groups is 1. The summed E-state index contributed by atoms with van der Waals surface area (Å²) in [5.74, 6) is 0.505. The molecule has 2 atom stereocenters. The van der Waals surface area contributed by atoms with E-state index in [4.69, 9.17) is 0 Å². The zero-order valence-electron chi connectivity index (χ0n) is 13.7. The van der Waals surface area contributed by atoms with Gasteiger partial charge in [0.2, 0.25) is 0 Å². The number of aliphatic imine (C=N–C) groups is 1. The van der Waals surface area contributed by atoms with Crippen LogP contribution in [0.4, 0.5) is 4.39 Å². The van der Waals surface area contributed by atoms with Crippen LogP contribution in [0.5, 0.6) is 0 Å². The van der Waals surface area contributed by atoms with Crippen LogP contribution in [0.1, 0.15) is 18.9 Å². The van der Waals surface area contributed by atoms with Crippen molar-refractivity contribution in [2.45, 2.75) is 25.4 Å². The summed E-state index contributed by atoms with van der Waals surface area (Å²) in [4.78, 5) is 6.89. The molecule has 1 aromatic carbocycles. The Kier molecular flexibility index (Phi) is 3.73. The van der Waals surface area contributed by atoms with E-state index in [0.29, 0.717) is 17.6 Å². The molecule has 1 saturated carbocycles. The van der Waals surface area contributed by atoms with Gasteiger partial charge in [-0.3, -0.25) is 0 Å². The maximum absolute atomic E-state index is 14.3. The standard InChI is InChI=1S/C19H21FN4/c1-3-21-19-18(12(2)24-9-8-22-16-10-17(16)24)14(11-23-19)13-6-4-5-7-15(13)20/h3-7,11,16-17,22H,1,8-10H2,2H3,(H,21,23)/b18-12+. The highest BCUT2D eigenvalue weighted by atomic mass is 19.1. The van der Waals surface area contributed by atoms with Gasteiger partial charge in [-0.2, -0.15) is 0 Å². The van der Waals surface area contributed by atoms with Gasteiger partial charge in [0.05, 0.1) is 0 Å². The van der Waals surface area contributed by atoms with E-state index in [9.17, 15) is 4.39 Å². The van der Waals surface area contributed by atoms with Gasteiger partial charge in [0.1, 0.15) is 11.7 Å². The van der Waals surface area contributed by atoms with E-state index < -0.39 is 0 Å². The number of piperazine rings is 1. The fraction of sp³-hybridized carbons (Fsp3) is 0.316. The highest BCUT2D eigenvalue weighted by Crippen LogP contribution is 2.38. The molecule has 4 nitrogen and oxygen atoms in total. The summed E-state index contributed by atoms with van der Waals surface area (Å²) in [5.41, 5.74) is 3.52. The zero-order valence-corrected chi connectivity index (χ0v) is 13.7. The number of benzene rings is 1. The summed E-state index contributed by atoms with van der Waals surface area (Å²) in [6.45, 7) is 7.78. The van der Waals surface area contributed by atoms with E-state index in [1.54, 1.807) is 24.5 Å². The molecule has 0 amide bonds. The summed E-state index contributed by atoms with van der Waals surface area (Å²) in [5, 5.41) is 6.62. The molecule has 2 fully saturated rings. The summed E-state index contributed by atoms with van der Waals surface area (Å²) in [6.07, 6.45) is 4.53. The molecule has 0 radical (unpaired) electrons. The van der Waals surface area contributed by atoms with Gasteiger partial charge in [0.25, 0.3) is 0 Å². The van der Waals surface area contributed by atoms with E-state index in [1.165, 1.54) is 12.5 Å². The van der Waals surface area contributed by atoms with E-state index in [1.807, 2.05) is 6.07 Å². The van der Waals surface area contributed by atoms with Crippen molar-refractivity contribution in [1.29, 1.82) is 0 Å². The maximum Gasteiger partial charge on any atom is 0.139 e. The molecule has 2 aliphatic heterocycles.